The van der Waals surface area contributed by atoms with Gasteiger partial charge in [-0.15, -0.1) is 0 Å². The molecule has 1 N–H and O–H groups in total. The van der Waals surface area contributed by atoms with E-state index in [9.17, 15) is 4.79 Å². The predicted octanol–water partition coefficient (Wildman–Crippen LogP) is 5.27. The van der Waals surface area contributed by atoms with Crippen LogP contribution in [0.3, 0.4) is 0 Å². The standard InChI is InChI=1S/C19H14BrN2O/c20-15-12-10-14(11-13-15)19(23)22-18-9-5-4-8-17(18)21-16-6-2-1-3-7-16/h1-13,21H. The zero-order valence-corrected chi connectivity index (χ0v) is 13.8. The highest BCUT2D eigenvalue weighted by atomic mass is 79.9. The maximum absolute atomic E-state index is 12.3. The third-order valence-electron chi connectivity index (χ3n) is 3.27. The highest BCUT2D eigenvalue weighted by Gasteiger charge is 2.11. The normalized spacial score (nSPS) is 10.1. The molecule has 0 spiro atoms. The number of carbonyl (C=O) groups excluding carboxylic acids is 1. The largest absolute Gasteiger partial charge is 0.354 e. The van der Waals surface area contributed by atoms with Crippen LogP contribution in [-0.4, -0.2) is 5.91 Å². The molecule has 23 heavy (non-hydrogen) atoms. The van der Waals surface area contributed by atoms with Crippen molar-refractivity contribution in [3.05, 3.63) is 88.9 Å². The summed E-state index contributed by atoms with van der Waals surface area (Å²) < 4.78 is 0.931. The van der Waals surface area contributed by atoms with E-state index in [1.54, 1.807) is 12.1 Å². The molecule has 0 aromatic heterocycles. The van der Waals surface area contributed by atoms with Crippen molar-refractivity contribution in [2.24, 2.45) is 0 Å². The number of nitrogens with zero attached hydrogens (tertiary/aromatic N) is 1. The van der Waals surface area contributed by atoms with Crippen LogP contribution in [0.5, 0.6) is 0 Å². The van der Waals surface area contributed by atoms with Crippen molar-refractivity contribution in [2.45, 2.75) is 0 Å². The number of nitrogens with one attached hydrogen (secondary N) is 1. The summed E-state index contributed by atoms with van der Waals surface area (Å²) in [6, 6.07) is 24.5. The highest BCUT2D eigenvalue weighted by molar-refractivity contribution is 9.10. The molecule has 0 aliphatic heterocycles. The number of rotatable bonds is 4. The SMILES string of the molecule is O=C([N]c1ccccc1Nc1ccccc1)c1ccc(Br)cc1. The maximum Gasteiger partial charge on any atom is 0.277 e. The quantitative estimate of drug-likeness (QED) is 0.684. The minimum atomic E-state index is -0.264. The Bertz CT molecular complexity index is 801. The molecule has 1 amide bonds. The second-order valence-electron chi connectivity index (χ2n) is 4.93. The van der Waals surface area contributed by atoms with Crippen LogP contribution in [0.4, 0.5) is 17.1 Å². The fourth-order valence-corrected chi connectivity index (χ4v) is 2.38. The molecule has 0 saturated carbocycles. The van der Waals surface area contributed by atoms with Crippen LogP contribution in [0.1, 0.15) is 10.4 Å². The van der Waals surface area contributed by atoms with Gasteiger partial charge in [-0.3, -0.25) is 4.79 Å². The lowest BCUT2D eigenvalue weighted by Crippen LogP contribution is -2.11. The van der Waals surface area contributed by atoms with Crippen molar-refractivity contribution in [1.82, 2.24) is 5.32 Å². The minimum absolute atomic E-state index is 0.264. The summed E-state index contributed by atoms with van der Waals surface area (Å²) in [4.78, 5) is 12.3. The first kappa shape index (κ1) is 15.3. The van der Waals surface area contributed by atoms with Crippen LogP contribution in [0.25, 0.3) is 0 Å². The van der Waals surface area contributed by atoms with Crippen molar-refractivity contribution in [2.75, 3.05) is 5.32 Å². The van der Waals surface area contributed by atoms with Crippen LogP contribution in [0, 0.1) is 0 Å². The molecule has 0 heterocycles. The van der Waals surface area contributed by atoms with E-state index in [1.807, 2.05) is 66.7 Å². The number of anilines is 2. The van der Waals surface area contributed by atoms with Gasteiger partial charge in [-0.2, -0.15) is 0 Å². The summed E-state index contributed by atoms with van der Waals surface area (Å²) in [6.07, 6.45) is 0. The summed E-state index contributed by atoms with van der Waals surface area (Å²) >= 11 is 3.36. The molecule has 3 rings (SSSR count). The molecule has 0 unspecified atom stereocenters. The summed E-state index contributed by atoms with van der Waals surface area (Å²) in [5.74, 6) is -0.264. The van der Waals surface area contributed by atoms with Gasteiger partial charge in [0.2, 0.25) is 0 Å². The molecule has 3 aromatic rings. The van der Waals surface area contributed by atoms with Crippen molar-refractivity contribution in [3.63, 3.8) is 0 Å². The van der Waals surface area contributed by atoms with Gasteiger partial charge in [0.1, 0.15) is 0 Å². The third-order valence-corrected chi connectivity index (χ3v) is 3.80. The topological polar surface area (TPSA) is 43.2 Å². The lowest BCUT2D eigenvalue weighted by Gasteiger charge is -2.11. The number of amides is 1. The minimum Gasteiger partial charge on any atom is -0.354 e. The van der Waals surface area contributed by atoms with Crippen molar-refractivity contribution in [3.8, 4) is 0 Å². The highest BCUT2D eigenvalue weighted by Crippen LogP contribution is 2.26. The number of hydrogen-bond donors (Lipinski definition) is 1. The zero-order valence-electron chi connectivity index (χ0n) is 12.2. The van der Waals surface area contributed by atoms with Gasteiger partial charge in [0.05, 0.1) is 11.4 Å². The first-order chi connectivity index (χ1) is 11.2. The summed E-state index contributed by atoms with van der Waals surface area (Å²) in [5.41, 5.74) is 2.92. The van der Waals surface area contributed by atoms with E-state index in [1.165, 1.54) is 0 Å². The molecule has 4 heteroatoms. The van der Waals surface area contributed by atoms with Gasteiger partial charge in [-0.05, 0) is 48.5 Å². The number of carbonyl (C=O) groups is 1. The number of halogens is 1. The molecule has 3 aromatic carbocycles. The van der Waals surface area contributed by atoms with Gasteiger partial charge < -0.3 is 5.32 Å². The van der Waals surface area contributed by atoms with E-state index < -0.39 is 0 Å². The molecule has 0 atom stereocenters. The van der Waals surface area contributed by atoms with E-state index >= 15 is 0 Å². The monoisotopic (exact) mass is 365 g/mol. The molecule has 0 aliphatic rings. The Morgan fingerprint density at radius 3 is 2.22 bits per heavy atom. The molecule has 0 bridgehead atoms. The Hall–Kier alpha value is -2.59. The average Bonchev–Trinajstić information content (AvgIpc) is 2.58. The Morgan fingerprint density at radius 1 is 0.826 bits per heavy atom. The molecule has 0 fully saturated rings. The first-order valence-electron chi connectivity index (χ1n) is 7.15. The third kappa shape index (κ3) is 3.99. The van der Waals surface area contributed by atoms with Gasteiger partial charge >= 0.3 is 0 Å². The van der Waals surface area contributed by atoms with E-state index in [0.29, 0.717) is 11.3 Å². The fourth-order valence-electron chi connectivity index (χ4n) is 2.12. The molecule has 1 radical (unpaired) electrons. The molecule has 113 valence electrons. The van der Waals surface area contributed by atoms with Gasteiger partial charge in [0.15, 0.2) is 0 Å². The first-order valence-corrected chi connectivity index (χ1v) is 7.94. The molecule has 3 nitrogen and oxygen atoms in total. The smallest absolute Gasteiger partial charge is 0.277 e. The van der Waals surface area contributed by atoms with Crippen LogP contribution in [0.2, 0.25) is 0 Å². The van der Waals surface area contributed by atoms with E-state index in [4.69, 9.17) is 0 Å². The Kier molecular flexibility index (Phi) is 4.74. The fraction of sp³-hybridized carbons (Fsp3) is 0. The maximum atomic E-state index is 12.3. The molecular formula is C19H14BrN2O. The van der Waals surface area contributed by atoms with E-state index in [2.05, 4.69) is 26.6 Å². The van der Waals surface area contributed by atoms with Crippen molar-refractivity contribution < 1.29 is 4.79 Å². The Labute approximate surface area is 143 Å². The Balaban J connectivity index is 1.80. The van der Waals surface area contributed by atoms with Gasteiger partial charge in [0, 0.05) is 15.7 Å². The predicted molar refractivity (Wildman–Crippen MR) is 96.4 cm³/mol. The average molecular weight is 366 g/mol. The van der Waals surface area contributed by atoms with Crippen LogP contribution < -0.4 is 10.6 Å². The van der Waals surface area contributed by atoms with Crippen molar-refractivity contribution in [1.29, 1.82) is 0 Å². The van der Waals surface area contributed by atoms with Crippen LogP contribution >= 0.6 is 15.9 Å². The summed E-state index contributed by atoms with van der Waals surface area (Å²) in [7, 11) is 0. The number of benzene rings is 3. The van der Waals surface area contributed by atoms with Crippen molar-refractivity contribution >= 4 is 38.9 Å². The second-order valence-corrected chi connectivity index (χ2v) is 5.85. The molecule has 0 aliphatic carbocycles. The Morgan fingerprint density at radius 2 is 1.48 bits per heavy atom. The second kappa shape index (κ2) is 7.11. The number of para-hydroxylation sites is 3. The zero-order chi connectivity index (χ0) is 16.1. The van der Waals surface area contributed by atoms with Crippen LogP contribution in [-0.2, 0) is 0 Å². The van der Waals surface area contributed by atoms with Crippen LogP contribution in [0.15, 0.2) is 83.3 Å². The van der Waals surface area contributed by atoms with E-state index in [-0.39, 0.29) is 5.91 Å². The number of hydrogen-bond acceptors (Lipinski definition) is 2. The van der Waals surface area contributed by atoms with Gasteiger partial charge in [0.25, 0.3) is 5.91 Å². The van der Waals surface area contributed by atoms with E-state index in [0.717, 1.165) is 15.8 Å². The summed E-state index contributed by atoms with van der Waals surface area (Å²) in [6.45, 7) is 0. The molecular weight excluding hydrogens is 352 g/mol. The summed E-state index contributed by atoms with van der Waals surface area (Å²) in [5, 5.41) is 7.52. The van der Waals surface area contributed by atoms with Gasteiger partial charge in [-0.25, -0.2) is 5.32 Å². The lowest BCUT2D eigenvalue weighted by atomic mass is 10.2. The molecule has 0 saturated heterocycles. The van der Waals surface area contributed by atoms with Gasteiger partial charge in [-0.1, -0.05) is 46.3 Å². The lowest BCUT2D eigenvalue weighted by molar-refractivity contribution is 0.0969.